The van der Waals surface area contributed by atoms with E-state index in [1.807, 2.05) is 62.4 Å². The van der Waals surface area contributed by atoms with Crippen LogP contribution in [0.2, 0.25) is 0 Å². The van der Waals surface area contributed by atoms with Crippen molar-refractivity contribution in [1.82, 2.24) is 20.6 Å². The predicted molar refractivity (Wildman–Crippen MR) is 142 cm³/mol. The smallest absolute Gasteiger partial charge is 0.270 e. The summed E-state index contributed by atoms with van der Waals surface area (Å²) >= 11 is 1.42. The van der Waals surface area contributed by atoms with Gasteiger partial charge in [0, 0.05) is 40.8 Å². The van der Waals surface area contributed by atoms with Gasteiger partial charge in [-0.1, -0.05) is 31.5 Å². The lowest BCUT2D eigenvalue weighted by molar-refractivity contribution is 0.0937. The molecule has 0 unspecified atom stereocenters. The third-order valence-electron chi connectivity index (χ3n) is 5.38. The number of benzene rings is 2. The number of hydrogen-bond donors (Lipinski definition) is 3. The number of thiazole rings is 1. The van der Waals surface area contributed by atoms with Crippen molar-refractivity contribution < 1.29 is 9.59 Å². The molecule has 180 valence electrons. The average Bonchev–Trinajstić information content (AvgIpc) is 3.35. The van der Waals surface area contributed by atoms with Gasteiger partial charge in [0.2, 0.25) is 0 Å². The van der Waals surface area contributed by atoms with Crippen LogP contribution in [0.4, 0.5) is 11.4 Å². The minimum absolute atomic E-state index is 0.00804. The molecule has 0 fully saturated rings. The molecule has 8 heteroatoms. The van der Waals surface area contributed by atoms with E-state index in [1.165, 1.54) is 11.3 Å². The van der Waals surface area contributed by atoms with Gasteiger partial charge in [-0.05, 0) is 50.6 Å². The molecule has 2 heterocycles. The molecule has 0 aliphatic carbocycles. The molecule has 3 N–H and O–H groups in total. The van der Waals surface area contributed by atoms with Crippen molar-refractivity contribution >= 4 is 45.4 Å². The molecule has 4 aromatic rings. The number of pyridine rings is 1. The monoisotopic (exact) mass is 487 g/mol. The van der Waals surface area contributed by atoms with Crippen LogP contribution in [0.1, 0.15) is 54.5 Å². The first-order valence-electron chi connectivity index (χ1n) is 11.8. The molecule has 0 spiro atoms. The Balaban J connectivity index is 1.74. The highest BCUT2D eigenvalue weighted by Gasteiger charge is 2.18. The zero-order chi connectivity index (χ0) is 24.8. The second-order valence-corrected chi connectivity index (χ2v) is 9.40. The number of amides is 2. The Bertz CT molecular complexity index is 1330. The summed E-state index contributed by atoms with van der Waals surface area (Å²) in [6.07, 6.45) is 3.56. The lowest BCUT2D eigenvalue weighted by Gasteiger charge is -2.16. The van der Waals surface area contributed by atoms with E-state index in [4.69, 9.17) is 0 Å². The summed E-state index contributed by atoms with van der Waals surface area (Å²) in [5.41, 5.74) is 4.02. The summed E-state index contributed by atoms with van der Waals surface area (Å²) in [6.45, 7) is 6.57. The Morgan fingerprint density at radius 3 is 2.60 bits per heavy atom. The number of fused-ring (bicyclic) bond motifs is 1. The van der Waals surface area contributed by atoms with Crippen LogP contribution in [0.5, 0.6) is 0 Å². The van der Waals surface area contributed by atoms with Crippen LogP contribution in [0.15, 0.2) is 60.1 Å². The average molecular weight is 488 g/mol. The Morgan fingerprint density at radius 2 is 1.86 bits per heavy atom. The fourth-order valence-corrected chi connectivity index (χ4v) is 4.42. The first kappa shape index (κ1) is 24.3. The fraction of sp³-hybridized carbons (Fsp3) is 0.259. The first-order chi connectivity index (χ1) is 17.0. The van der Waals surface area contributed by atoms with Crippen LogP contribution >= 0.6 is 11.3 Å². The van der Waals surface area contributed by atoms with Crippen LogP contribution in [0, 0.1) is 0 Å². The second-order valence-electron chi connectivity index (χ2n) is 8.55. The number of hydrogen-bond acceptors (Lipinski definition) is 6. The molecule has 2 aromatic heterocycles. The molecule has 2 amide bonds. The van der Waals surface area contributed by atoms with Crippen molar-refractivity contribution in [2.75, 3.05) is 11.9 Å². The maximum absolute atomic E-state index is 13.0. The molecule has 0 saturated carbocycles. The molecule has 7 nitrogen and oxygen atoms in total. The standard InChI is InChI=1S/C27H29N5O2S/c1-4-5-13-28-26(34)23-16-35-27(32-23)18-11-12-22-20(14-18)24(31-19-9-7-6-8-10-19)21(15-29-22)25(33)30-17(2)3/h6-12,14-17H,4-5,13H2,1-3H3,(H,28,34)(H,29,31)(H,30,33). The van der Waals surface area contributed by atoms with Crippen molar-refractivity contribution in [3.05, 3.63) is 71.4 Å². The summed E-state index contributed by atoms with van der Waals surface area (Å²) in [5.74, 6) is -0.360. The van der Waals surface area contributed by atoms with Gasteiger partial charge < -0.3 is 16.0 Å². The molecular formula is C27H29N5O2S. The van der Waals surface area contributed by atoms with E-state index in [1.54, 1.807) is 11.6 Å². The highest BCUT2D eigenvalue weighted by molar-refractivity contribution is 7.13. The van der Waals surface area contributed by atoms with Gasteiger partial charge in [0.15, 0.2) is 0 Å². The topological polar surface area (TPSA) is 96.0 Å². The van der Waals surface area contributed by atoms with E-state index in [-0.39, 0.29) is 17.9 Å². The largest absolute Gasteiger partial charge is 0.354 e. The molecule has 0 bridgehead atoms. The number of aromatic nitrogens is 2. The van der Waals surface area contributed by atoms with Gasteiger partial charge in [0.25, 0.3) is 11.8 Å². The summed E-state index contributed by atoms with van der Waals surface area (Å²) in [4.78, 5) is 34.5. The molecule has 4 rings (SSSR count). The van der Waals surface area contributed by atoms with Crippen LogP contribution in [-0.4, -0.2) is 34.4 Å². The normalized spacial score (nSPS) is 11.0. The fourth-order valence-electron chi connectivity index (χ4n) is 3.62. The molecule has 0 saturated heterocycles. The number of rotatable bonds is 9. The Morgan fingerprint density at radius 1 is 1.06 bits per heavy atom. The highest BCUT2D eigenvalue weighted by Crippen LogP contribution is 2.33. The molecule has 0 aliphatic rings. The van der Waals surface area contributed by atoms with Crippen LogP contribution < -0.4 is 16.0 Å². The van der Waals surface area contributed by atoms with Gasteiger partial charge in [-0.3, -0.25) is 14.6 Å². The van der Waals surface area contributed by atoms with Crippen LogP contribution in [-0.2, 0) is 0 Å². The van der Waals surface area contributed by atoms with E-state index in [0.29, 0.717) is 23.5 Å². The highest BCUT2D eigenvalue weighted by atomic mass is 32.1. The Hall–Kier alpha value is -3.78. The number of carbonyl (C=O) groups is 2. The van der Waals surface area contributed by atoms with Crippen molar-refractivity contribution in [3.8, 4) is 10.6 Å². The van der Waals surface area contributed by atoms with E-state index < -0.39 is 0 Å². The number of nitrogens with one attached hydrogen (secondary N) is 3. The first-order valence-corrected chi connectivity index (χ1v) is 12.6. The quantitative estimate of drug-likeness (QED) is 0.261. The Labute approximate surface area is 209 Å². The van der Waals surface area contributed by atoms with E-state index >= 15 is 0 Å². The minimum Gasteiger partial charge on any atom is -0.354 e. The van der Waals surface area contributed by atoms with Gasteiger partial charge in [-0.15, -0.1) is 11.3 Å². The Kier molecular flexibility index (Phi) is 7.72. The maximum Gasteiger partial charge on any atom is 0.270 e. The minimum atomic E-state index is -0.196. The second kappa shape index (κ2) is 11.1. The lowest BCUT2D eigenvalue weighted by Crippen LogP contribution is -2.30. The summed E-state index contributed by atoms with van der Waals surface area (Å²) in [7, 11) is 0. The maximum atomic E-state index is 13.0. The van der Waals surface area contributed by atoms with Crippen molar-refractivity contribution in [2.45, 2.75) is 39.7 Å². The van der Waals surface area contributed by atoms with Gasteiger partial charge in [0.05, 0.1) is 16.8 Å². The number of nitrogens with zero attached hydrogens (tertiary/aromatic N) is 2. The summed E-state index contributed by atoms with van der Waals surface area (Å²) in [5, 5.41) is 12.6. The summed E-state index contributed by atoms with van der Waals surface area (Å²) < 4.78 is 0. The van der Waals surface area contributed by atoms with E-state index in [0.717, 1.165) is 40.0 Å². The summed E-state index contributed by atoms with van der Waals surface area (Å²) in [6, 6.07) is 15.5. The number of para-hydroxylation sites is 1. The van der Waals surface area contributed by atoms with Gasteiger partial charge >= 0.3 is 0 Å². The zero-order valence-corrected chi connectivity index (χ0v) is 20.9. The van der Waals surface area contributed by atoms with Gasteiger partial charge in [-0.25, -0.2) is 4.98 Å². The predicted octanol–water partition coefficient (Wildman–Crippen LogP) is 5.77. The zero-order valence-electron chi connectivity index (χ0n) is 20.1. The molecule has 0 aliphatic heterocycles. The molecule has 0 radical (unpaired) electrons. The van der Waals surface area contributed by atoms with Gasteiger partial charge in [0.1, 0.15) is 10.7 Å². The molecular weight excluding hydrogens is 458 g/mol. The van der Waals surface area contributed by atoms with Crippen LogP contribution in [0.25, 0.3) is 21.5 Å². The van der Waals surface area contributed by atoms with Crippen LogP contribution in [0.3, 0.4) is 0 Å². The van der Waals surface area contributed by atoms with Crippen molar-refractivity contribution in [1.29, 1.82) is 0 Å². The van der Waals surface area contributed by atoms with E-state index in [2.05, 4.69) is 32.8 Å². The molecule has 35 heavy (non-hydrogen) atoms. The molecule has 2 aromatic carbocycles. The number of carbonyl (C=O) groups excluding carboxylic acids is 2. The SMILES string of the molecule is CCCCNC(=O)c1csc(-c2ccc3ncc(C(=O)NC(C)C)c(Nc4ccccc4)c3c2)n1. The lowest BCUT2D eigenvalue weighted by atomic mass is 10.1. The number of anilines is 2. The third-order valence-corrected chi connectivity index (χ3v) is 6.27. The third kappa shape index (κ3) is 5.84. The van der Waals surface area contributed by atoms with Crippen molar-refractivity contribution in [2.24, 2.45) is 0 Å². The van der Waals surface area contributed by atoms with E-state index in [9.17, 15) is 9.59 Å². The molecule has 0 atom stereocenters. The van der Waals surface area contributed by atoms with Gasteiger partial charge in [-0.2, -0.15) is 0 Å². The number of unbranched alkanes of at least 4 members (excludes halogenated alkanes) is 1. The van der Waals surface area contributed by atoms with Crippen molar-refractivity contribution in [3.63, 3.8) is 0 Å².